The molecule has 40 heavy (non-hydrogen) atoms. The Kier molecular flexibility index (Phi) is 6.96. The van der Waals surface area contributed by atoms with Crippen molar-refractivity contribution in [1.82, 2.24) is 0 Å². The molecule has 0 aliphatic heterocycles. The van der Waals surface area contributed by atoms with Gasteiger partial charge in [0.15, 0.2) is 17.3 Å². The molecule has 0 amide bonds. The molecule has 6 heteroatoms. The molecule has 7 atom stereocenters. The van der Waals surface area contributed by atoms with Crippen LogP contribution < -0.4 is 0 Å². The first-order chi connectivity index (χ1) is 18.4. The summed E-state index contributed by atoms with van der Waals surface area (Å²) in [7, 11) is 0. The third-order valence-electron chi connectivity index (χ3n) is 13.2. The summed E-state index contributed by atoms with van der Waals surface area (Å²) in [6.07, 6.45) is 11.7. The minimum atomic E-state index is -0.916. The van der Waals surface area contributed by atoms with E-state index in [1.54, 1.807) is 6.92 Å². The quantitative estimate of drug-likeness (QED) is 0.249. The van der Waals surface area contributed by atoms with Crippen LogP contribution in [0.1, 0.15) is 100 Å². The van der Waals surface area contributed by atoms with Gasteiger partial charge in [0.25, 0.3) is 0 Å². The summed E-state index contributed by atoms with van der Waals surface area (Å²) in [5.41, 5.74) is -1.38. The van der Waals surface area contributed by atoms with Gasteiger partial charge in [-0.1, -0.05) is 41.5 Å². The number of ketones is 4. The lowest BCUT2D eigenvalue weighted by atomic mass is 9.33. The second-order valence-corrected chi connectivity index (χ2v) is 17.5. The second kappa shape index (κ2) is 9.18. The lowest BCUT2D eigenvalue weighted by molar-refractivity contribution is -0.178. The molecule has 0 N–H and O–H groups in total. The zero-order valence-corrected chi connectivity index (χ0v) is 27.8. The molecule has 5 rings (SSSR count). The summed E-state index contributed by atoms with van der Waals surface area (Å²) in [4.78, 5) is 56.5. The molecule has 220 valence electrons. The smallest absolute Gasteiger partial charge is 0.178 e. The summed E-state index contributed by atoms with van der Waals surface area (Å²) in [6, 6.07) is 0. The average molecular weight is 585 g/mol. The molecule has 0 bridgehead atoms. The van der Waals surface area contributed by atoms with E-state index in [4.69, 9.17) is 0 Å². The van der Waals surface area contributed by atoms with E-state index in [1.807, 2.05) is 39.4 Å². The van der Waals surface area contributed by atoms with Gasteiger partial charge in [-0.15, -0.1) is 23.5 Å². The SMILES string of the molecule is CSC(SC)=C1C(=O)C(C)(C)C2CCC3(C)C(=CC(=O)C4C5CC(C)(C)CCC5(C(C)=O)CC[C@]43C)C2(C)C1=O. The highest BCUT2D eigenvalue weighted by Gasteiger charge is 2.72. The third kappa shape index (κ3) is 3.59. The Hall–Kier alpha value is -1.14. The molecule has 0 aromatic carbocycles. The molecule has 0 spiro atoms. The molecule has 0 heterocycles. The Balaban J connectivity index is 1.73. The van der Waals surface area contributed by atoms with E-state index in [0.29, 0.717) is 5.57 Å². The van der Waals surface area contributed by atoms with Crippen molar-refractivity contribution >= 4 is 46.7 Å². The molecule has 0 saturated heterocycles. The van der Waals surface area contributed by atoms with Crippen molar-refractivity contribution < 1.29 is 19.2 Å². The van der Waals surface area contributed by atoms with Gasteiger partial charge in [0, 0.05) is 16.7 Å². The van der Waals surface area contributed by atoms with Gasteiger partial charge in [-0.05, 0) is 111 Å². The van der Waals surface area contributed by atoms with Crippen LogP contribution in [0, 0.1) is 50.2 Å². The van der Waals surface area contributed by atoms with Gasteiger partial charge in [-0.25, -0.2) is 0 Å². The molecule has 4 saturated carbocycles. The average Bonchev–Trinajstić information content (AvgIpc) is 2.86. The molecular weight excluding hydrogens is 537 g/mol. The molecule has 5 aliphatic carbocycles. The second-order valence-electron chi connectivity index (χ2n) is 15.6. The number of rotatable bonds is 3. The highest BCUT2D eigenvalue weighted by molar-refractivity contribution is 8.21. The van der Waals surface area contributed by atoms with Gasteiger partial charge >= 0.3 is 0 Å². The fraction of sp³-hybridized carbons (Fsp3) is 0.765. The molecule has 0 radical (unpaired) electrons. The number of hydrogen-bond acceptors (Lipinski definition) is 6. The fourth-order valence-electron chi connectivity index (χ4n) is 10.6. The fourth-order valence-corrected chi connectivity index (χ4v) is 12.1. The number of hydrogen-bond donors (Lipinski definition) is 0. The van der Waals surface area contributed by atoms with Gasteiger partial charge in [0.2, 0.25) is 0 Å². The first kappa shape index (κ1) is 30.3. The Bertz CT molecular complexity index is 1270. The van der Waals surface area contributed by atoms with E-state index in [-0.39, 0.29) is 57.1 Å². The predicted octanol–water partition coefficient (Wildman–Crippen LogP) is 7.85. The zero-order chi connectivity index (χ0) is 29.8. The standard InChI is InChI=1S/C34H48O4S2/c1-19(35)34-15-13-29(2,3)18-20(34)25-21(36)17-23-31(6,32(25,7)14-16-34)12-11-22-30(4,5)26(37)24(28(39-9)40-10)27(38)33(22,23)8/h17,20,22,25H,11-16,18H2,1-10H3/t20?,22?,25?,31?,32-,33?,34?/m1/s1. The summed E-state index contributed by atoms with van der Waals surface area (Å²) in [5, 5.41) is 0. The normalized spacial score (nSPS) is 43.6. The van der Waals surface area contributed by atoms with Crippen LogP contribution in [-0.4, -0.2) is 35.6 Å². The first-order valence-corrected chi connectivity index (χ1v) is 17.5. The Morgan fingerprint density at radius 1 is 0.850 bits per heavy atom. The topological polar surface area (TPSA) is 68.3 Å². The first-order valence-electron chi connectivity index (χ1n) is 15.1. The minimum absolute atomic E-state index is 0.0234. The van der Waals surface area contributed by atoms with Crippen LogP contribution in [0.15, 0.2) is 21.5 Å². The molecule has 4 fully saturated rings. The maximum Gasteiger partial charge on any atom is 0.178 e. The van der Waals surface area contributed by atoms with E-state index in [1.165, 1.54) is 23.5 Å². The van der Waals surface area contributed by atoms with Crippen LogP contribution in [0.4, 0.5) is 0 Å². The highest BCUT2D eigenvalue weighted by atomic mass is 32.2. The highest BCUT2D eigenvalue weighted by Crippen LogP contribution is 2.75. The lowest BCUT2D eigenvalue weighted by Gasteiger charge is -2.69. The number of carbonyl (C=O) groups is 4. The summed E-state index contributed by atoms with van der Waals surface area (Å²) in [6.45, 7) is 17.0. The van der Waals surface area contributed by atoms with E-state index >= 15 is 0 Å². The molecule has 0 aromatic heterocycles. The molecule has 4 nitrogen and oxygen atoms in total. The van der Waals surface area contributed by atoms with Gasteiger partial charge in [-0.3, -0.25) is 19.2 Å². The number of Topliss-reactive ketones (excluding diaryl/α,β-unsaturated/α-hetero) is 3. The van der Waals surface area contributed by atoms with Gasteiger partial charge in [0.1, 0.15) is 5.78 Å². The van der Waals surface area contributed by atoms with Crippen LogP contribution >= 0.6 is 23.5 Å². The third-order valence-corrected chi connectivity index (χ3v) is 15.4. The van der Waals surface area contributed by atoms with Crippen LogP contribution in [0.3, 0.4) is 0 Å². The van der Waals surface area contributed by atoms with Crippen molar-refractivity contribution in [2.45, 2.75) is 100 Å². The van der Waals surface area contributed by atoms with Crippen molar-refractivity contribution in [3.05, 3.63) is 21.5 Å². The summed E-state index contributed by atoms with van der Waals surface area (Å²) >= 11 is 2.93. The van der Waals surface area contributed by atoms with Gasteiger partial charge in [0.05, 0.1) is 15.2 Å². The van der Waals surface area contributed by atoms with Crippen molar-refractivity contribution in [3.8, 4) is 0 Å². The monoisotopic (exact) mass is 584 g/mol. The molecule has 0 aromatic rings. The molecule has 6 unspecified atom stereocenters. The Morgan fingerprint density at radius 2 is 1.45 bits per heavy atom. The maximum atomic E-state index is 14.7. The van der Waals surface area contributed by atoms with Crippen molar-refractivity contribution in [3.63, 3.8) is 0 Å². The van der Waals surface area contributed by atoms with Crippen LogP contribution in [0.2, 0.25) is 0 Å². The Labute approximate surface area is 249 Å². The molecular formula is C34H48O4S2. The van der Waals surface area contributed by atoms with Gasteiger partial charge < -0.3 is 0 Å². The largest absolute Gasteiger partial charge is 0.299 e. The van der Waals surface area contributed by atoms with E-state index in [2.05, 4.69) is 27.7 Å². The van der Waals surface area contributed by atoms with Crippen molar-refractivity contribution in [2.24, 2.45) is 50.2 Å². The van der Waals surface area contributed by atoms with Crippen LogP contribution in [0.5, 0.6) is 0 Å². The predicted molar refractivity (Wildman–Crippen MR) is 165 cm³/mol. The number of thioether (sulfide) groups is 2. The lowest BCUT2D eigenvalue weighted by Crippen LogP contribution is -2.67. The Morgan fingerprint density at radius 3 is 2.02 bits per heavy atom. The number of carbonyl (C=O) groups excluding carboxylic acids is 4. The van der Waals surface area contributed by atoms with E-state index in [0.717, 1.165) is 54.8 Å². The summed E-state index contributed by atoms with van der Waals surface area (Å²) in [5.74, 6) is -0.159. The number of allylic oxidation sites excluding steroid dienone is 3. The minimum Gasteiger partial charge on any atom is -0.299 e. The number of fused-ring (bicyclic) bond motifs is 7. The maximum absolute atomic E-state index is 14.7. The van der Waals surface area contributed by atoms with Crippen molar-refractivity contribution in [1.29, 1.82) is 0 Å². The van der Waals surface area contributed by atoms with Crippen LogP contribution in [-0.2, 0) is 19.2 Å². The van der Waals surface area contributed by atoms with Crippen molar-refractivity contribution in [2.75, 3.05) is 12.5 Å². The summed E-state index contributed by atoms with van der Waals surface area (Å²) < 4.78 is 0.773. The van der Waals surface area contributed by atoms with E-state index in [9.17, 15) is 19.2 Å². The zero-order valence-electron chi connectivity index (χ0n) is 26.2. The van der Waals surface area contributed by atoms with Gasteiger partial charge in [-0.2, -0.15) is 0 Å². The molecule has 5 aliphatic rings. The van der Waals surface area contributed by atoms with Crippen LogP contribution in [0.25, 0.3) is 0 Å². The van der Waals surface area contributed by atoms with E-state index < -0.39 is 16.2 Å².